The molecule has 3 rings (SSSR count). The molecular formula is C21H29FN4O. The summed E-state index contributed by atoms with van der Waals surface area (Å²) in [6, 6.07) is 6.46. The van der Waals surface area contributed by atoms with Crippen molar-refractivity contribution in [2.24, 2.45) is 10.9 Å². The quantitative estimate of drug-likeness (QED) is 0.635. The van der Waals surface area contributed by atoms with Crippen molar-refractivity contribution in [2.45, 2.75) is 51.2 Å². The molecule has 146 valence electrons. The van der Waals surface area contributed by atoms with Crippen LogP contribution in [0.15, 0.2) is 23.2 Å². The molecule has 2 fully saturated rings. The van der Waals surface area contributed by atoms with Gasteiger partial charge < -0.3 is 15.0 Å². The van der Waals surface area contributed by atoms with Crippen LogP contribution >= 0.6 is 0 Å². The van der Waals surface area contributed by atoms with Crippen LogP contribution in [0.2, 0.25) is 0 Å². The minimum atomic E-state index is -0.309. The number of hydrogen-bond donors (Lipinski definition) is 1. The van der Waals surface area contributed by atoms with Gasteiger partial charge in [-0.15, -0.1) is 0 Å². The van der Waals surface area contributed by atoms with Crippen molar-refractivity contribution >= 4 is 5.96 Å². The van der Waals surface area contributed by atoms with Crippen molar-refractivity contribution in [1.82, 2.24) is 10.2 Å². The van der Waals surface area contributed by atoms with Crippen molar-refractivity contribution in [2.75, 3.05) is 26.7 Å². The molecule has 0 bridgehead atoms. The number of ether oxygens (including phenoxy) is 1. The largest absolute Gasteiger partial charge is 0.378 e. The molecular weight excluding hydrogens is 343 g/mol. The summed E-state index contributed by atoms with van der Waals surface area (Å²) < 4.78 is 20.1. The molecule has 0 radical (unpaired) electrons. The molecule has 1 saturated heterocycles. The summed E-state index contributed by atoms with van der Waals surface area (Å²) in [5.41, 5.74) is 0.938. The third-order valence-corrected chi connectivity index (χ3v) is 5.61. The molecule has 6 heteroatoms. The minimum Gasteiger partial charge on any atom is -0.378 e. The third-order valence-electron chi connectivity index (χ3n) is 5.61. The summed E-state index contributed by atoms with van der Waals surface area (Å²) in [7, 11) is 1.74. The fourth-order valence-electron chi connectivity index (χ4n) is 3.97. The second kappa shape index (κ2) is 9.70. The van der Waals surface area contributed by atoms with Crippen LogP contribution < -0.4 is 5.32 Å². The van der Waals surface area contributed by atoms with E-state index in [9.17, 15) is 4.39 Å². The van der Waals surface area contributed by atoms with E-state index < -0.39 is 0 Å². The number of likely N-dealkylation sites (tertiary alicyclic amines) is 1. The monoisotopic (exact) mass is 372 g/mol. The number of hydrogen-bond acceptors (Lipinski definition) is 3. The van der Waals surface area contributed by atoms with Gasteiger partial charge in [-0.1, -0.05) is 12.8 Å². The molecule has 0 atom stereocenters. The van der Waals surface area contributed by atoms with Gasteiger partial charge in [0.1, 0.15) is 5.82 Å². The minimum absolute atomic E-state index is 0.309. The summed E-state index contributed by atoms with van der Waals surface area (Å²) >= 11 is 0. The highest BCUT2D eigenvalue weighted by Crippen LogP contribution is 2.26. The fourth-order valence-corrected chi connectivity index (χ4v) is 3.97. The normalized spacial score (nSPS) is 19.3. The highest BCUT2D eigenvalue weighted by atomic mass is 19.1. The Morgan fingerprint density at radius 2 is 2.04 bits per heavy atom. The van der Waals surface area contributed by atoms with Gasteiger partial charge in [0, 0.05) is 38.9 Å². The van der Waals surface area contributed by atoms with Crippen LogP contribution in [0.4, 0.5) is 4.39 Å². The van der Waals surface area contributed by atoms with Gasteiger partial charge in [-0.3, -0.25) is 4.99 Å². The summed E-state index contributed by atoms with van der Waals surface area (Å²) in [5.74, 6) is 1.22. The zero-order valence-electron chi connectivity index (χ0n) is 16.1. The van der Waals surface area contributed by atoms with Crippen LogP contribution in [0, 0.1) is 23.1 Å². The molecule has 0 aromatic heterocycles. The average Bonchev–Trinajstić information content (AvgIpc) is 3.22. The fraction of sp³-hybridized carbons (Fsp3) is 0.619. The summed E-state index contributed by atoms with van der Waals surface area (Å²) in [5, 5.41) is 12.2. The number of nitrogens with one attached hydrogen (secondary N) is 1. The SMILES string of the molecule is CN=C(NCc1cc(C#N)ccc1F)N1CCC(OCC2CCCC2)CC1. The lowest BCUT2D eigenvalue weighted by atomic mass is 10.1. The number of nitriles is 1. The second-order valence-electron chi connectivity index (χ2n) is 7.49. The first-order valence-electron chi connectivity index (χ1n) is 9.95. The molecule has 1 saturated carbocycles. The maximum atomic E-state index is 13.9. The second-order valence-corrected chi connectivity index (χ2v) is 7.49. The van der Waals surface area contributed by atoms with Crippen molar-refractivity contribution in [3.05, 3.63) is 35.1 Å². The predicted octanol–water partition coefficient (Wildman–Crippen LogP) is 3.44. The lowest BCUT2D eigenvalue weighted by Crippen LogP contribution is -2.47. The lowest BCUT2D eigenvalue weighted by molar-refractivity contribution is 0.00101. The average molecular weight is 372 g/mol. The molecule has 1 aliphatic carbocycles. The Morgan fingerprint density at radius 1 is 1.30 bits per heavy atom. The first kappa shape index (κ1) is 19.6. The molecule has 5 nitrogen and oxygen atoms in total. The molecule has 0 unspecified atom stereocenters. The van der Waals surface area contributed by atoms with Gasteiger partial charge >= 0.3 is 0 Å². The molecule has 1 aromatic carbocycles. The lowest BCUT2D eigenvalue weighted by Gasteiger charge is -2.34. The number of aliphatic imine (C=N–C) groups is 1. The van der Waals surface area contributed by atoms with Crippen molar-refractivity contribution in [1.29, 1.82) is 5.26 Å². The zero-order valence-corrected chi connectivity index (χ0v) is 16.1. The Morgan fingerprint density at radius 3 is 2.70 bits per heavy atom. The van der Waals surface area contributed by atoms with Crippen LogP contribution in [0.1, 0.15) is 49.7 Å². The first-order chi connectivity index (χ1) is 13.2. The Balaban J connectivity index is 1.45. The van der Waals surface area contributed by atoms with E-state index in [0.717, 1.165) is 44.4 Å². The van der Waals surface area contributed by atoms with Crippen LogP contribution in [-0.4, -0.2) is 43.7 Å². The third kappa shape index (κ3) is 5.43. The number of benzene rings is 1. The Hall–Kier alpha value is -2.13. The Bertz CT molecular complexity index is 686. The van der Waals surface area contributed by atoms with Gasteiger partial charge in [0.05, 0.1) is 17.7 Å². The van der Waals surface area contributed by atoms with Crippen molar-refractivity contribution in [3.8, 4) is 6.07 Å². The molecule has 0 amide bonds. The van der Waals surface area contributed by atoms with E-state index in [2.05, 4.69) is 15.2 Å². The molecule has 1 aromatic rings. The topological polar surface area (TPSA) is 60.7 Å². The maximum absolute atomic E-state index is 13.9. The summed E-state index contributed by atoms with van der Waals surface area (Å²) in [4.78, 5) is 6.53. The first-order valence-corrected chi connectivity index (χ1v) is 9.95. The van der Waals surface area contributed by atoms with Crippen LogP contribution in [0.3, 0.4) is 0 Å². The number of nitrogens with zero attached hydrogens (tertiary/aromatic N) is 3. The van der Waals surface area contributed by atoms with E-state index in [0.29, 0.717) is 23.8 Å². The molecule has 2 aliphatic rings. The predicted molar refractivity (Wildman–Crippen MR) is 104 cm³/mol. The standard InChI is InChI=1S/C21H29FN4O/c1-24-21(25-14-18-12-17(13-23)6-7-20(18)22)26-10-8-19(9-11-26)27-15-16-4-2-3-5-16/h6-7,12,16,19H,2-5,8-11,14-15H2,1H3,(H,24,25). The number of halogens is 1. The van der Waals surface area contributed by atoms with Crippen molar-refractivity contribution in [3.63, 3.8) is 0 Å². The van der Waals surface area contributed by atoms with Crippen molar-refractivity contribution < 1.29 is 9.13 Å². The highest BCUT2D eigenvalue weighted by molar-refractivity contribution is 5.80. The van der Waals surface area contributed by atoms with Gasteiger partial charge in [-0.05, 0) is 49.8 Å². The molecule has 1 heterocycles. The molecule has 1 aliphatic heterocycles. The molecule has 27 heavy (non-hydrogen) atoms. The smallest absolute Gasteiger partial charge is 0.193 e. The zero-order chi connectivity index (χ0) is 19.1. The van der Waals surface area contributed by atoms with E-state index in [1.54, 1.807) is 13.1 Å². The van der Waals surface area contributed by atoms with Crippen LogP contribution in [0.5, 0.6) is 0 Å². The Kier molecular flexibility index (Phi) is 7.05. The van der Waals surface area contributed by atoms with E-state index in [-0.39, 0.29) is 5.82 Å². The van der Waals surface area contributed by atoms with Gasteiger partial charge in [0.2, 0.25) is 0 Å². The Labute approximate surface area is 161 Å². The molecule has 0 spiro atoms. The molecule has 1 N–H and O–H groups in total. The van der Waals surface area contributed by atoms with Gasteiger partial charge in [0.15, 0.2) is 5.96 Å². The number of guanidine groups is 1. The van der Waals surface area contributed by atoms with Gasteiger partial charge in [-0.25, -0.2) is 4.39 Å². The number of rotatable bonds is 5. The number of piperidine rings is 1. The summed E-state index contributed by atoms with van der Waals surface area (Å²) in [6.45, 7) is 2.99. The maximum Gasteiger partial charge on any atom is 0.193 e. The highest BCUT2D eigenvalue weighted by Gasteiger charge is 2.24. The van der Waals surface area contributed by atoms with Crippen LogP contribution in [-0.2, 0) is 11.3 Å². The van der Waals surface area contributed by atoms with Gasteiger partial charge in [-0.2, -0.15) is 5.26 Å². The summed E-state index contributed by atoms with van der Waals surface area (Å²) in [6.07, 6.45) is 7.67. The van der Waals surface area contributed by atoms with Crippen LogP contribution in [0.25, 0.3) is 0 Å². The van der Waals surface area contributed by atoms with E-state index >= 15 is 0 Å². The van der Waals surface area contributed by atoms with Gasteiger partial charge in [0.25, 0.3) is 0 Å². The van der Waals surface area contributed by atoms with E-state index in [1.165, 1.54) is 37.8 Å². The van der Waals surface area contributed by atoms with E-state index in [4.69, 9.17) is 10.00 Å². The van der Waals surface area contributed by atoms with E-state index in [1.807, 2.05) is 6.07 Å².